The molecule has 18 heavy (non-hydrogen) atoms. The molecular weight excluding hydrogens is 318 g/mol. The number of hydrogen-bond acceptors (Lipinski definition) is 3. The molecule has 1 aliphatic heterocycles. The molecule has 92 valence electrons. The molecule has 0 radical (unpaired) electrons. The van der Waals surface area contributed by atoms with Crippen molar-refractivity contribution in [2.75, 3.05) is 31.1 Å². The topological polar surface area (TPSA) is 6.48 Å². The van der Waals surface area contributed by atoms with Crippen molar-refractivity contribution in [2.24, 2.45) is 0 Å². The van der Waals surface area contributed by atoms with Crippen LogP contribution in [0.15, 0.2) is 18.2 Å². The molecule has 1 aromatic carbocycles. The van der Waals surface area contributed by atoms with E-state index in [0.717, 1.165) is 31.9 Å². The molecule has 0 N–H and O–H groups in total. The van der Waals surface area contributed by atoms with Gasteiger partial charge < -0.3 is 34.6 Å². The van der Waals surface area contributed by atoms with Crippen molar-refractivity contribution in [1.82, 2.24) is 4.90 Å². The van der Waals surface area contributed by atoms with Crippen molar-refractivity contribution < 1.29 is 29.6 Å². The molecule has 0 aromatic heterocycles. The van der Waals surface area contributed by atoms with Crippen LogP contribution in [0.3, 0.4) is 0 Å². The molecular formula is C11H11Cl2N2NaS2. The molecule has 1 fully saturated rings. The fraction of sp³-hybridized carbons (Fsp3) is 0.364. The van der Waals surface area contributed by atoms with Gasteiger partial charge in [0.05, 0.1) is 10.0 Å². The van der Waals surface area contributed by atoms with Crippen molar-refractivity contribution >= 4 is 58.1 Å². The third kappa shape index (κ3) is 4.10. The van der Waals surface area contributed by atoms with E-state index in [1.165, 1.54) is 0 Å². The molecule has 0 atom stereocenters. The van der Waals surface area contributed by atoms with E-state index in [1.54, 1.807) is 0 Å². The summed E-state index contributed by atoms with van der Waals surface area (Å²) in [5.74, 6) is 0. The van der Waals surface area contributed by atoms with E-state index in [2.05, 4.69) is 4.90 Å². The van der Waals surface area contributed by atoms with Crippen molar-refractivity contribution in [3.05, 3.63) is 28.2 Å². The molecule has 1 heterocycles. The fourth-order valence-corrected chi connectivity index (χ4v) is 2.49. The Kier molecular flexibility index (Phi) is 6.97. The van der Waals surface area contributed by atoms with Crippen LogP contribution in [0.25, 0.3) is 0 Å². The van der Waals surface area contributed by atoms with E-state index in [4.69, 9.17) is 48.0 Å². The van der Waals surface area contributed by atoms with Gasteiger partial charge in [-0.05, 0) is 18.2 Å². The summed E-state index contributed by atoms with van der Waals surface area (Å²) < 4.78 is 0.554. The van der Waals surface area contributed by atoms with Crippen molar-refractivity contribution in [2.45, 2.75) is 0 Å². The second-order valence-corrected chi connectivity index (χ2v) is 5.68. The van der Waals surface area contributed by atoms with Gasteiger partial charge in [-0.15, -0.1) is 0 Å². The fourth-order valence-electron chi connectivity index (χ4n) is 1.83. The Morgan fingerprint density at radius 3 is 2.22 bits per heavy atom. The monoisotopic (exact) mass is 328 g/mol. The first-order valence-corrected chi connectivity index (χ1v) is 6.81. The van der Waals surface area contributed by atoms with Crippen molar-refractivity contribution in [3.63, 3.8) is 0 Å². The molecule has 0 saturated carbocycles. The van der Waals surface area contributed by atoms with Gasteiger partial charge in [-0.1, -0.05) is 27.5 Å². The van der Waals surface area contributed by atoms with Gasteiger partial charge in [-0.2, -0.15) is 0 Å². The van der Waals surface area contributed by atoms with E-state index in [1.807, 2.05) is 23.1 Å². The largest absolute Gasteiger partial charge is 1.00 e. The SMILES string of the molecule is S=C([S-])N1CCN(c2ccc(Cl)c(Cl)c2)CC1.[Na+]. The maximum Gasteiger partial charge on any atom is 1.00 e. The van der Waals surface area contributed by atoms with Crippen LogP contribution in [0.1, 0.15) is 0 Å². The van der Waals surface area contributed by atoms with E-state index in [-0.39, 0.29) is 29.6 Å². The third-order valence-electron chi connectivity index (χ3n) is 2.81. The maximum absolute atomic E-state index is 6.01. The zero-order chi connectivity index (χ0) is 12.4. The summed E-state index contributed by atoms with van der Waals surface area (Å²) in [5, 5.41) is 1.17. The standard InChI is InChI=1S/C11H12Cl2N2S2.Na/c12-9-2-1-8(7-10(9)13)14-3-5-15(6-4-14)11(16)17;/h1-2,7H,3-6H2,(H,16,17);/q;+1/p-1. The number of anilines is 1. The van der Waals surface area contributed by atoms with E-state index in [0.29, 0.717) is 14.4 Å². The van der Waals surface area contributed by atoms with Gasteiger partial charge in [0.2, 0.25) is 0 Å². The van der Waals surface area contributed by atoms with Crippen molar-refractivity contribution in [3.8, 4) is 0 Å². The number of benzene rings is 1. The summed E-state index contributed by atoms with van der Waals surface area (Å²) >= 11 is 21.9. The van der Waals surface area contributed by atoms with Crippen LogP contribution in [-0.4, -0.2) is 35.4 Å². The summed E-state index contributed by atoms with van der Waals surface area (Å²) in [6.07, 6.45) is 0. The molecule has 0 aliphatic carbocycles. The van der Waals surface area contributed by atoms with E-state index in [9.17, 15) is 0 Å². The Bertz CT molecular complexity index is 437. The molecule has 0 amide bonds. The van der Waals surface area contributed by atoms with E-state index < -0.39 is 0 Å². The molecule has 0 bridgehead atoms. The second-order valence-electron chi connectivity index (χ2n) is 3.84. The van der Waals surface area contributed by atoms with Gasteiger partial charge in [-0.3, -0.25) is 0 Å². The molecule has 1 saturated heterocycles. The van der Waals surface area contributed by atoms with Gasteiger partial charge >= 0.3 is 29.6 Å². The number of hydrogen-bond donors (Lipinski definition) is 0. The Balaban J connectivity index is 0.00000162. The first kappa shape index (κ1) is 16.8. The quantitative estimate of drug-likeness (QED) is 0.405. The predicted molar refractivity (Wildman–Crippen MR) is 80.2 cm³/mol. The van der Waals surface area contributed by atoms with Crippen LogP contribution in [0.4, 0.5) is 5.69 Å². The van der Waals surface area contributed by atoms with Gasteiger partial charge in [-0.25, -0.2) is 0 Å². The second kappa shape index (κ2) is 7.48. The molecule has 1 aliphatic rings. The van der Waals surface area contributed by atoms with Gasteiger partial charge in [0.15, 0.2) is 0 Å². The summed E-state index contributed by atoms with van der Waals surface area (Å²) in [6, 6.07) is 5.70. The van der Waals surface area contributed by atoms with E-state index >= 15 is 0 Å². The molecule has 1 aromatic rings. The van der Waals surface area contributed by atoms with Gasteiger partial charge in [0, 0.05) is 31.9 Å². The Labute approximate surface area is 150 Å². The van der Waals surface area contributed by atoms with Gasteiger partial charge in [0.25, 0.3) is 0 Å². The summed E-state index contributed by atoms with van der Waals surface area (Å²) in [7, 11) is 0. The number of nitrogens with zero attached hydrogens (tertiary/aromatic N) is 2. The van der Waals surface area contributed by atoms with Crippen LogP contribution < -0.4 is 34.5 Å². The predicted octanol–water partition coefficient (Wildman–Crippen LogP) is -0.0488. The Morgan fingerprint density at radius 2 is 1.72 bits per heavy atom. The number of rotatable bonds is 1. The van der Waals surface area contributed by atoms with Crippen LogP contribution in [-0.2, 0) is 12.6 Å². The first-order valence-electron chi connectivity index (χ1n) is 5.24. The Hall–Kier alpha value is 0.710. The third-order valence-corrected chi connectivity index (χ3v) is 4.06. The minimum absolute atomic E-state index is 0. The first-order chi connectivity index (χ1) is 8.08. The summed E-state index contributed by atoms with van der Waals surface area (Å²) in [4.78, 5) is 4.30. The molecule has 2 nitrogen and oxygen atoms in total. The summed E-state index contributed by atoms with van der Waals surface area (Å²) in [5.41, 5.74) is 1.09. The molecule has 0 unspecified atom stereocenters. The minimum atomic E-state index is 0. The number of thiocarbonyl (C=S) groups is 1. The molecule has 0 spiro atoms. The maximum atomic E-state index is 6.01. The molecule has 7 heteroatoms. The van der Waals surface area contributed by atoms with Crippen LogP contribution in [0.2, 0.25) is 10.0 Å². The Morgan fingerprint density at radius 1 is 1.11 bits per heavy atom. The number of halogens is 2. The smallest absolute Gasteiger partial charge is 0.411 e. The normalized spacial score (nSPS) is 15.2. The minimum Gasteiger partial charge on any atom is -0.411 e. The van der Waals surface area contributed by atoms with Crippen molar-refractivity contribution in [1.29, 1.82) is 0 Å². The van der Waals surface area contributed by atoms with Crippen LogP contribution in [0, 0.1) is 0 Å². The zero-order valence-electron chi connectivity index (χ0n) is 10.0. The summed E-state index contributed by atoms with van der Waals surface area (Å²) in [6.45, 7) is 3.52. The average molecular weight is 329 g/mol. The van der Waals surface area contributed by atoms with Gasteiger partial charge in [0.1, 0.15) is 0 Å². The van der Waals surface area contributed by atoms with Crippen LogP contribution >= 0.6 is 35.4 Å². The average Bonchev–Trinajstić information content (AvgIpc) is 2.33. The number of piperazine rings is 1. The van der Waals surface area contributed by atoms with Crippen LogP contribution in [0.5, 0.6) is 0 Å². The molecule has 2 rings (SSSR count). The zero-order valence-corrected chi connectivity index (χ0v) is 15.2.